The predicted octanol–water partition coefficient (Wildman–Crippen LogP) is 3.45. The average Bonchev–Trinajstić information content (AvgIpc) is 2.34. The molecule has 1 saturated heterocycles. The second-order valence-corrected chi connectivity index (χ2v) is 4.71. The van der Waals surface area contributed by atoms with Crippen molar-refractivity contribution >= 4 is 21.6 Å². The molecule has 0 saturated carbocycles. The molecule has 0 aromatic heterocycles. The summed E-state index contributed by atoms with van der Waals surface area (Å²) < 4.78 is 14.3. The molecule has 2 nitrogen and oxygen atoms in total. The van der Waals surface area contributed by atoms with Gasteiger partial charge in [-0.2, -0.15) is 5.26 Å². The molecule has 0 unspecified atom stereocenters. The molecule has 0 bridgehead atoms. The Morgan fingerprint density at radius 3 is 2.56 bits per heavy atom. The summed E-state index contributed by atoms with van der Waals surface area (Å²) in [7, 11) is 0. The van der Waals surface area contributed by atoms with Gasteiger partial charge in [0, 0.05) is 13.1 Å². The number of piperidine rings is 1. The second-order valence-electron chi connectivity index (χ2n) is 3.92. The van der Waals surface area contributed by atoms with Gasteiger partial charge in [0.05, 0.1) is 15.7 Å². The van der Waals surface area contributed by atoms with Crippen molar-refractivity contribution in [3.63, 3.8) is 0 Å². The van der Waals surface area contributed by atoms with E-state index < -0.39 is 0 Å². The van der Waals surface area contributed by atoms with Crippen LogP contribution in [0.25, 0.3) is 0 Å². The van der Waals surface area contributed by atoms with E-state index in [9.17, 15) is 4.39 Å². The first-order chi connectivity index (χ1) is 7.74. The Balaban J connectivity index is 2.35. The van der Waals surface area contributed by atoms with E-state index in [-0.39, 0.29) is 10.3 Å². The number of hydrogen-bond donors (Lipinski definition) is 0. The summed E-state index contributed by atoms with van der Waals surface area (Å²) in [4.78, 5) is 2.05. The van der Waals surface area contributed by atoms with Gasteiger partial charge in [0.25, 0.3) is 0 Å². The molecule has 1 aromatic rings. The number of halogens is 2. The highest BCUT2D eigenvalue weighted by molar-refractivity contribution is 9.10. The average molecular weight is 283 g/mol. The molecule has 84 valence electrons. The van der Waals surface area contributed by atoms with Crippen LogP contribution in [0.5, 0.6) is 0 Å². The molecule has 1 fully saturated rings. The summed E-state index contributed by atoms with van der Waals surface area (Å²) in [5.41, 5.74) is 0.948. The second kappa shape index (κ2) is 4.84. The molecule has 0 aliphatic carbocycles. The molecule has 2 rings (SSSR count). The lowest BCUT2D eigenvalue weighted by Gasteiger charge is -2.29. The van der Waals surface area contributed by atoms with Crippen LogP contribution in [0.1, 0.15) is 24.8 Å². The van der Waals surface area contributed by atoms with Crippen LogP contribution in [-0.2, 0) is 0 Å². The first-order valence-corrected chi connectivity index (χ1v) is 6.16. The highest BCUT2D eigenvalue weighted by atomic mass is 79.9. The van der Waals surface area contributed by atoms with Crippen LogP contribution in [-0.4, -0.2) is 13.1 Å². The monoisotopic (exact) mass is 282 g/mol. The van der Waals surface area contributed by atoms with Gasteiger partial charge >= 0.3 is 0 Å². The van der Waals surface area contributed by atoms with E-state index in [1.165, 1.54) is 6.42 Å². The lowest BCUT2D eigenvalue weighted by Crippen LogP contribution is -2.30. The van der Waals surface area contributed by atoms with Gasteiger partial charge in [0.2, 0.25) is 0 Å². The maximum Gasteiger partial charge on any atom is 0.161 e. The Hall–Kier alpha value is -1.08. The molecular formula is C12H12BrFN2. The van der Waals surface area contributed by atoms with Crippen molar-refractivity contribution in [1.82, 2.24) is 0 Å². The molecular weight excluding hydrogens is 271 g/mol. The van der Waals surface area contributed by atoms with Crippen molar-refractivity contribution in [2.24, 2.45) is 0 Å². The van der Waals surface area contributed by atoms with Gasteiger partial charge in [0.1, 0.15) is 6.07 Å². The number of hydrogen-bond acceptors (Lipinski definition) is 2. The summed E-state index contributed by atoms with van der Waals surface area (Å²) in [5.74, 6) is -0.319. The zero-order chi connectivity index (χ0) is 11.5. The van der Waals surface area contributed by atoms with E-state index in [1.54, 1.807) is 12.1 Å². The molecule has 1 heterocycles. The molecule has 1 aromatic carbocycles. The van der Waals surface area contributed by atoms with Crippen molar-refractivity contribution < 1.29 is 4.39 Å². The zero-order valence-electron chi connectivity index (χ0n) is 8.84. The van der Waals surface area contributed by atoms with E-state index in [1.807, 2.05) is 11.0 Å². The highest BCUT2D eigenvalue weighted by Gasteiger charge is 2.18. The SMILES string of the molecule is N#Cc1ccc(N2CCCCC2)c(F)c1Br. The van der Waals surface area contributed by atoms with Gasteiger partial charge < -0.3 is 4.90 Å². The van der Waals surface area contributed by atoms with Crippen molar-refractivity contribution in [3.8, 4) is 6.07 Å². The standard InChI is InChI=1S/C12H12BrFN2/c13-11-9(8-15)4-5-10(12(11)14)16-6-2-1-3-7-16/h4-5H,1-3,6-7H2. The van der Waals surface area contributed by atoms with Crippen molar-refractivity contribution in [2.75, 3.05) is 18.0 Å². The third kappa shape index (κ3) is 2.05. The first-order valence-electron chi connectivity index (χ1n) is 5.37. The third-order valence-electron chi connectivity index (χ3n) is 2.88. The fraction of sp³-hybridized carbons (Fsp3) is 0.417. The van der Waals surface area contributed by atoms with Crippen molar-refractivity contribution in [3.05, 3.63) is 28.0 Å². The van der Waals surface area contributed by atoms with Gasteiger partial charge in [-0.15, -0.1) is 0 Å². The van der Waals surface area contributed by atoms with Crippen LogP contribution in [0.15, 0.2) is 16.6 Å². The zero-order valence-corrected chi connectivity index (χ0v) is 10.4. The lowest BCUT2D eigenvalue weighted by molar-refractivity contribution is 0.555. The van der Waals surface area contributed by atoms with Gasteiger partial charge in [-0.05, 0) is 47.3 Å². The Kier molecular flexibility index (Phi) is 3.45. The van der Waals surface area contributed by atoms with Crippen LogP contribution in [0.4, 0.5) is 10.1 Å². The first kappa shape index (κ1) is 11.4. The van der Waals surface area contributed by atoms with E-state index in [0.717, 1.165) is 25.9 Å². The molecule has 0 amide bonds. The number of nitriles is 1. The minimum absolute atomic E-state index is 0.276. The van der Waals surface area contributed by atoms with Crippen LogP contribution >= 0.6 is 15.9 Å². The summed E-state index contributed by atoms with van der Waals surface area (Å²) in [6.07, 6.45) is 3.43. The lowest BCUT2D eigenvalue weighted by atomic mass is 10.1. The fourth-order valence-corrected chi connectivity index (χ4v) is 2.43. The van der Waals surface area contributed by atoms with Crippen LogP contribution in [0.3, 0.4) is 0 Å². The van der Waals surface area contributed by atoms with E-state index in [2.05, 4.69) is 15.9 Å². The van der Waals surface area contributed by atoms with E-state index in [0.29, 0.717) is 11.3 Å². The summed E-state index contributed by atoms with van der Waals surface area (Å²) in [6.45, 7) is 1.80. The molecule has 4 heteroatoms. The Morgan fingerprint density at radius 2 is 1.94 bits per heavy atom. The smallest absolute Gasteiger partial charge is 0.161 e. The third-order valence-corrected chi connectivity index (χ3v) is 3.65. The normalized spacial score (nSPS) is 15.9. The molecule has 0 atom stereocenters. The molecule has 16 heavy (non-hydrogen) atoms. The Labute approximate surface area is 103 Å². The van der Waals surface area contributed by atoms with E-state index >= 15 is 0 Å². The predicted molar refractivity (Wildman–Crippen MR) is 64.9 cm³/mol. The quantitative estimate of drug-likeness (QED) is 0.789. The molecule has 0 N–H and O–H groups in total. The highest BCUT2D eigenvalue weighted by Crippen LogP contribution is 2.30. The number of rotatable bonds is 1. The summed E-state index contributed by atoms with van der Waals surface area (Å²) in [5, 5.41) is 8.78. The van der Waals surface area contributed by atoms with E-state index in [4.69, 9.17) is 5.26 Å². The molecule has 0 radical (unpaired) electrons. The van der Waals surface area contributed by atoms with Crippen molar-refractivity contribution in [1.29, 1.82) is 5.26 Å². The topological polar surface area (TPSA) is 27.0 Å². The molecule has 0 spiro atoms. The maximum atomic E-state index is 14.0. The van der Waals surface area contributed by atoms with Crippen LogP contribution in [0, 0.1) is 17.1 Å². The molecule has 1 aliphatic heterocycles. The van der Waals surface area contributed by atoms with Gasteiger partial charge in [-0.25, -0.2) is 4.39 Å². The van der Waals surface area contributed by atoms with Crippen LogP contribution < -0.4 is 4.90 Å². The summed E-state index contributed by atoms with van der Waals surface area (Å²) >= 11 is 3.13. The molecule has 1 aliphatic rings. The number of anilines is 1. The number of nitrogens with zero attached hydrogens (tertiary/aromatic N) is 2. The van der Waals surface area contributed by atoms with Gasteiger partial charge in [-0.1, -0.05) is 0 Å². The maximum absolute atomic E-state index is 14.0. The van der Waals surface area contributed by atoms with Crippen LogP contribution in [0.2, 0.25) is 0 Å². The van der Waals surface area contributed by atoms with Crippen molar-refractivity contribution in [2.45, 2.75) is 19.3 Å². The van der Waals surface area contributed by atoms with Gasteiger partial charge in [-0.3, -0.25) is 0 Å². The number of benzene rings is 1. The fourth-order valence-electron chi connectivity index (χ4n) is 2.00. The summed E-state index contributed by atoms with van der Waals surface area (Å²) in [6, 6.07) is 5.32. The Bertz CT molecular complexity index is 433. The largest absolute Gasteiger partial charge is 0.369 e. The minimum atomic E-state index is -0.319. The Morgan fingerprint density at radius 1 is 1.25 bits per heavy atom. The van der Waals surface area contributed by atoms with Gasteiger partial charge in [0.15, 0.2) is 5.82 Å². The minimum Gasteiger partial charge on any atom is -0.369 e.